The summed E-state index contributed by atoms with van der Waals surface area (Å²) < 4.78 is 0. The standard InChI is InChI=1S/C20H26N2O5/c23-13-17(19(25)15-9-5-2-6-10-15)21-12-18(24)16(22-20(26)27)11-14-7-3-1-4-8-14/h1-10,16-19,21-25H,11-13H2,(H,26,27)/t16?,17-,18?,19?/m0/s1. The van der Waals surface area contributed by atoms with Crippen LogP contribution in [0.15, 0.2) is 60.7 Å². The summed E-state index contributed by atoms with van der Waals surface area (Å²) in [7, 11) is 0. The van der Waals surface area contributed by atoms with Crippen LogP contribution >= 0.6 is 0 Å². The van der Waals surface area contributed by atoms with Crippen LogP contribution in [0.4, 0.5) is 4.79 Å². The second kappa shape index (κ2) is 10.6. The third-order valence-corrected chi connectivity index (χ3v) is 4.38. The Morgan fingerprint density at radius 2 is 1.52 bits per heavy atom. The second-order valence-corrected chi connectivity index (χ2v) is 6.37. The van der Waals surface area contributed by atoms with Crippen LogP contribution in [0.3, 0.4) is 0 Å². The average Bonchev–Trinajstić information content (AvgIpc) is 2.68. The number of carbonyl (C=O) groups is 1. The van der Waals surface area contributed by atoms with Crippen molar-refractivity contribution >= 4 is 6.09 Å². The Morgan fingerprint density at radius 3 is 2.07 bits per heavy atom. The zero-order valence-electron chi connectivity index (χ0n) is 14.9. The van der Waals surface area contributed by atoms with Gasteiger partial charge in [0.2, 0.25) is 0 Å². The Labute approximate surface area is 158 Å². The Hall–Kier alpha value is -2.45. The molecule has 0 heterocycles. The Bertz CT molecular complexity index is 683. The number of carboxylic acid groups (broad SMARTS) is 1. The predicted molar refractivity (Wildman–Crippen MR) is 101 cm³/mol. The van der Waals surface area contributed by atoms with Gasteiger partial charge in [0, 0.05) is 6.54 Å². The number of rotatable bonds is 10. The third-order valence-electron chi connectivity index (χ3n) is 4.38. The van der Waals surface area contributed by atoms with Crippen molar-refractivity contribution in [2.24, 2.45) is 0 Å². The van der Waals surface area contributed by atoms with Crippen molar-refractivity contribution in [2.45, 2.75) is 30.7 Å². The fourth-order valence-corrected chi connectivity index (χ4v) is 2.88. The minimum Gasteiger partial charge on any atom is -0.465 e. The molecular formula is C20H26N2O5. The first-order chi connectivity index (χ1) is 13.0. The van der Waals surface area contributed by atoms with Crippen LogP contribution < -0.4 is 10.6 Å². The molecule has 0 saturated heterocycles. The van der Waals surface area contributed by atoms with Crippen LogP contribution in [0, 0.1) is 0 Å². The molecule has 2 aromatic rings. The summed E-state index contributed by atoms with van der Waals surface area (Å²) >= 11 is 0. The normalized spacial score (nSPS) is 15.5. The molecule has 0 aliphatic heterocycles. The Morgan fingerprint density at radius 1 is 0.926 bits per heavy atom. The molecule has 27 heavy (non-hydrogen) atoms. The van der Waals surface area contributed by atoms with Crippen LogP contribution in [0.2, 0.25) is 0 Å². The van der Waals surface area contributed by atoms with E-state index < -0.39 is 30.4 Å². The first kappa shape index (κ1) is 20.9. The topological polar surface area (TPSA) is 122 Å². The summed E-state index contributed by atoms with van der Waals surface area (Å²) in [5.74, 6) is 0. The fraction of sp³-hybridized carbons (Fsp3) is 0.350. The highest BCUT2D eigenvalue weighted by molar-refractivity contribution is 5.65. The van der Waals surface area contributed by atoms with E-state index in [9.17, 15) is 20.1 Å². The average molecular weight is 374 g/mol. The molecule has 146 valence electrons. The largest absolute Gasteiger partial charge is 0.465 e. The number of amides is 1. The van der Waals surface area contributed by atoms with Crippen molar-refractivity contribution in [3.63, 3.8) is 0 Å². The molecule has 0 aliphatic carbocycles. The molecule has 6 N–H and O–H groups in total. The summed E-state index contributed by atoms with van der Waals surface area (Å²) in [5, 5.41) is 44.7. The molecule has 2 rings (SSSR count). The summed E-state index contributed by atoms with van der Waals surface area (Å²) in [6.45, 7) is -0.328. The van der Waals surface area contributed by atoms with Gasteiger partial charge in [-0.25, -0.2) is 4.79 Å². The van der Waals surface area contributed by atoms with Gasteiger partial charge in [-0.05, 0) is 17.5 Å². The summed E-state index contributed by atoms with van der Waals surface area (Å²) in [5.41, 5.74) is 1.53. The van der Waals surface area contributed by atoms with E-state index >= 15 is 0 Å². The van der Waals surface area contributed by atoms with E-state index in [1.807, 2.05) is 36.4 Å². The van der Waals surface area contributed by atoms with E-state index in [0.717, 1.165) is 5.56 Å². The number of aliphatic hydroxyl groups excluding tert-OH is 3. The van der Waals surface area contributed by atoms with Crippen molar-refractivity contribution in [1.82, 2.24) is 10.6 Å². The highest BCUT2D eigenvalue weighted by Crippen LogP contribution is 2.16. The zero-order chi connectivity index (χ0) is 19.6. The third kappa shape index (κ3) is 6.65. The molecule has 0 fully saturated rings. The van der Waals surface area contributed by atoms with Gasteiger partial charge in [0.1, 0.15) is 0 Å². The lowest BCUT2D eigenvalue weighted by molar-refractivity contribution is 0.0690. The molecule has 0 aliphatic rings. The van der Waals surface area contributed by atoms with Crippen molar-refractivity contribution in [3.05, 3.63) is 71.8 Å². The quantitative estimate of drug-likeness (QED) is 0.368. The number of hydrogen-bond acceptors (Lipinski definition) is 5. The van der Waals surface area contributed by atoms with Gasteiger partial charge in [0.05, 0.1) is 30.9 Å². The van der Waals surface area contributed by atoms with Gasteiger partial charge in [-0.2, -0.15) is 0 Å². The predicted octanol–water partition coefficient (Wildman–Crippen LogP) is 0.910. The second-order valence-electron chi connectivity index (χ2n) is 6.37. The maximum atomic E-state index is 11.1. The van der Waals surface area contributed by atoms with E-state index in [0.29, 0.717) is 12.0 Å². The minimum absolute atomic E-state index is 0.00685. The van der Waals surface area contributed by atoms with Gasteiger partial charge < -0.3 is 31.1 Å². The molecular weight excluding hydrogens is 348 g/mol. The maximum Gasteiger partial charge on any atom is 0.404 e. The molecule has 1 amide bonds. The van der Waals surface area contributed by atoms with Crippen LogP contribution in [-0.4, -0.2) is 57.9 Å². The van der Waals surface area contributed by atoms with Crippen LogP contribution in [0.1, 0.15) is 17.2 Å². The minimum atomic E-state index is -1.22. The molecule has 3 unspecified atom stereocenters. The number of benzene rings is 2. The Kier molecular flexibility index (Phi) is 8.22. The monoisotopic (exact) mass is 374 g/mol. The highest BCUT2D eigenvalue weighted by atomic mass is 16.4. The molecule has 0 spiro atoms. The van der Waals surface area contributed by atoms with Gasteiger partial charge in [-0.1, -0.05) is 60.7 Å². The lowest BCUT2D eigenvalue weighted by atomic mass is 9.99. The smallest absolute Gasteiger partial charge is 0.404 e. The van der Waals surface area contributed by atoms with Gasteiger partial charge in [0.25, 0.3) is 0 Å². The zero-order valence-corrected chi connectivity index (χ0v) is 14.9. The van der Waals surface area contributed by atoms with E-state index in [2.05, 4.69) is 10.6 Å². The number of nitrogens with one attached hydrogen (secondary N) is 2. The van der Waals surface area contributed by atoms with E-state index in [1.54, 1.807) is 24.3 Å². The molecule has 2 aromatic carbocycles. The van der Waals surface area contributed by atoms with E-state index in [-0.39, 0.29) is 13.2 Å². The molecule has 7 nitrogen and oxygen atoms in total. The van der Waals surface area contributed by atoms with Gasteiger partial charge in [0.15, 0.2) is 0 Å². The summed E-state index contributed by atoms with van der Waals surface area (Å²) in [6.07, 6.45) is -2.90. The lowest BCUT2D eigenvalue weighted by Gasteiger charge is -2.27. The van der Waals surface area contributed by atoms with Crippen molar-refractivity contribution < 1.29 is 25.2 Å². The molecule has 0 radical (unpaired) electrons. The van der Waals surface area contributed by atoms with E-state index in [4.69, 9.17) is 5.11 Å². The van der Waals surface area contributed by atoms with Gasteiger partial charge >= 0.3 is 6.09 Å². The molecule has 0 bridgehead atoms. The molecule has 7 heteroatoms. The summed E-state index contributed by atoms with van der Waals surface area (Å²) in [6, 6.07) is 16.7. The molecule has 0 aromatic heterocycles. The maximum absolute atomic E-state index is 11.1. The summed E-state index contributed by atoms with van der Waals surface area (Å²) in [4.78, 5) is 11.1. The van der Waals surface area contributed by atoms with E-state index in [1.165, 1.54) is 0 Å². The molecule has 0 saturated carbocycles. The number of aliphatic hydroxyl groups is 3. The van der Waals surface area contributed by atoms with Crippen molar-refractivity contribution in [2.75, 3.05) is 13.2 Å². The van der Waals surface area contributed by atoms with Crippen molar-refractivity contribution in [1.29, 1.82) is 0 Å². The SMILES string of the molecule is O=C(O)NC(Cc1ccccc1)C(O)CN[C@@H](CO)C(O)c1ccccc1. The lowest BCUT2D eigenvalue weighted by Crippen LogP contribution is -2.51. The van der Waals surface area contributed by atoms with Crippen LogP contribution in [0.25, 0.3) is 0 Å². The fourth-order valence-electron chi connectivity index (χ4n) is 2.88. The van der Waals surface area contributed by atoms with Crippen molar-refractivity contribution in [3.8, 4) is 0 Å². The Balaban J connectivity index is 1.98. The first-order valence-corrected chi connectivity index (χ1v) is 8.80. The van der Waals surface area contributed by atoms with Crippen LogP contribution in [-0.2, 0) is 6.42 Å². The molecule has 4 atom stereocenters. The van der Waals surface area contributed by atoms with Crippen LogP contribution in [0.5, 0.6) is 0 Å². The highest BCUT2D eigenvalue weighted by Gasteiger charge is 2.25. The first-order valence-electron chi connectivity index (χ1n) is 8.80. The van der Waals surface area contributed by atoms with Gasteiger partial charge in [-0.3, -0.25) is 0 Å². The number of hydrogen-bond donors (Lipinski definition) is 6. The van der Waals surface area contributed by atoms with Gasteiger partial charge in [-0.15, -0.1) is 0 Å².